The minimum atomic E-state index is -0.905. The van der Waals surface area contributed by atoms with E-state index in [1.54, 1.807) is 18.5 Å². The third-order valence-corrected chi connectivity index (χ3v) is 7.37. The van der Waals surface area contributed by atoms with E-state index in [1.807, 2.05) is 36.4 Å². The molecule has 0 aliphatic carbocycles. The number of nitrogens with zero attached hydrogens (tertiary/aromatic N) is 3. The van der Waals surface area contributed by atoms with E-state index in [-0.39, 0.29) is 12.0 Å². The number of carbonyl (C=O) groups excluding carboxylic acids is 1. The Morgan fingerprint density at radius 1 is 1.03 bits per heavy atom. The van der Waals surface area contributed by atoms with Gasteiger partial charge in [0.05, 0.1) is 5.69 Å². The van der Waals surface area contributed by atoms with Crippen LogP contribution in [0.15, 0.2) is 73.1 Å². The zero-order chi connectivity index (χ0) is 26.2. The summed E-state index contributed by atoms with van der Waals surface area (Å²) in [4.78, 5) is 17.9. The number of fused-ring (bicyclic) bond motifs is 1. The number of halogens is 2. The molecule has 2 aliphatic heterocycles. The number of rotatable bonds is 5. The zero-order valence-electron chi connectivity index (χ0n) is 20.8. The summed E-state index contributed by atoms with van der Waals surface area (Å²) in [7, 11) is 0. The van der Waals surface area contributed by atoms with Gasteiger partial charge in [0, 0.05) is 49.6 Å². The van der Waals surface area contributed by atoms with Crippen molar-refractivity contribution in [1.29, 1.82) is 0 Å². The van der Waals surface area contributed by atoms with E-state index in [0.29, 0.717) is 22.9 Å². The van der Waals surface area contributed by atoms with Crippen molar-refractivity contribution in [3.63, 3.8) is 0 Å². The maximum atomic E-state index is 14.1. The van der Waals surface area contributed by atoms with Gasteiger partial charge in [0.15, 0.2) is 11.6 Å². The topological polar surface area (TPSA) is 71.1 Å². The Labute approximate surface area is 219 Å². The molecule has 8 heteroatoms. The van der Waals surface area contributed by atoms with Crippen LogP contribution in [0.5, 0.6) is 5.75 Å². The predicted molar refractivity (Wildman–Crippen MR) is 140 cm³/mol. The van der Waals surface area contributed by atoms with Crippen molar-refractivity contribution in [1.82, 2.24) is 20.1 Å². The molecule has 0 bridgehead atoms. The van der Waals surface area contributed by atoms with Gasteiger partial charge in [-0.2, -0.15) is 5.10 Å². The van der Waals surface area contributed by atoms with E-state index in [4.69, 9.17) is 4.74 Å². The molecule has 1 saturated heterocycles. The largest absolute Gasteiger partial charge is 0.427 e. The molecule has 1 fully saturated rings. The Morgan fingerprint density at radius 2 is 1.82 bits per heavy atom. The second kappa shape index (κ2) is 9.95. The first-order valence-electron chi connectivity index (χ1n) is 12.6. The number of H-pyrrole nitrogens is 1. The lowest BCUT2D eigenvalue weighted by molar-refractivity contribution is -0.131. The number of carbonyl (C=O) groups is 1. The second-order valence-electron chi connectivity index (χ2n) is 9.79. The Kier molecular flexibility index (Phi) is 6.33. The number of pyridine rings is 1. The predicted octanol–water partition coefficient (Wildman–Crippen LogP) is 5.99. The molecule has 0 saturated carbocycles. The van der Waals surface area contributed by atoms with Crippen molar-refractivity contribution in [2.45, 2.75) is 31.7 Å². The Morgan fingerprint density at radius 3 is 2.55 bits per heavy atom. The van der Waals surface area contributed by atoms with Crippen molar-refractivity contribution in [2.24, 2.45) is 0 Å². The van der Waals surface area contributed by atoms with Gasteiger partial charge in [-0.25, -0.2) is 8.78 Å². The first kappa shape index (κ1) is 24.2. The molecule has 2 aliphatic rings. The quantitative estimate of drug-likeness (QED) is 0.263. The van der Waals surface area contributed by atoms with Gasteiger partial charge in [-0.15, -0.1) is 0 Å². The van der Waals surface area contributed by atoms with Gasteiger partial charge in [-0.05, 0) is 77.9 Å². The lowest BCUT2D eigenvalue weighted by Gasteiger charge is -2.28. The van der Waals surface area contributed by atoms with Gasteiger partial charge in [-0.1, -0.05) is 18.2 Å². The van der Waals surface area contributed by atoms with Crippen LogP contribution in [0.4, 0.5) is 8.78 Å². The van der Waals surface area contributed by atoms with Crippen molar-refractivity contribution >= 4 is 11.5 Å². The molecular weight excluding hydrogens is 486 g/mol. The number of aromatic amines is 1. The first-order valence-corrected chi connectivity index (χ1v) is 12.6. The van der Waals surface area contributed by atoms with Gasteiger partial charge < -0.3 is 4.74 Å². The van der Waals surface area contributed by atoms with Crippen LogP contribution in [0.1, 0.15) is 36.9 Å². The highest BCUT2D eigenvalue weighted by atomic mass is 19.2. The molecule has 192 valence electrons. The second-order valence-corrected chi connectivity index (χ2v) is 9.79. The van der Waals surface area contributed by atoms with Crippen molar-refractivity contribution in [2.75, 3.05) is 13.1 Å². The van der Waals surface area contributed by atoms with E-state index in [1.165, 1.54) is 18.6 Å². The maximum absolute atomic E-state index is 14.1. The van der Waals surface area contributed by atoms with Crippen molar-refractivity contribution in [3.05, 3.63) is 96.0 Å². The smallest absolute Gasteiger partial charge is 0.308 e. The Bertz CT molecular complexity index is 1520. The highest BCUT2D eigenvalue weighted by Crippen LogP contribution is 2.42. The number of benzene rings is 2. The number of ether oxygens (including phenoxy) is 1. The van der Waals surface area contributed by atoms with Gasteiger partial charge in [0.25, 0.3) is 0 Å². The molecule has 4 heterocycles. The van der Waals surface area contributed by atoms with Crippen LogP contribution >= 0.6 is 0 Å². The number of hydrogen-bond acceptors (Lipinski definition) is 5. The summed E-state index contributed by atoms with van der Waals surface area (Å²) in [5.41, 5.74) is 6.12. The van der Waals surface area contributed by atoms with Crippen LogP contribution in [-0.2, 0) is 4.79 Å². The average Bonchev–Trinajstić information content (AvgIpc) is 3.55. The van der Waals surface area contributed by atoms with E-state index >= 15 is 0 Å². The third kappa shape index (κ3) is 4.63. The molecule has 2 atom stereocenters. The van der Waals surface area contributed by atoms with Crippen molar-refractivity contribution < 1.29 is 18.3 Å². The van der Waals surface area contributed by atoms with E-state index in [0.717, 1.165) is 54.4 Å². The Hall–Kier alpha value is -4.17. The van der Waals surface area contributed by atoms with Crippen molar-refractivity contribution in [3.8, 4) is 28.1 Å². The fourth-order valence-electron chi connectivity index (χ4n) is 5.59. The molecule has 0 unspecified atom stereocenters. The monoisotopic (exact) mass is 512 g/mol. The summed E-state index contributed by atoms with van der Waals surface area (Å²) >= 11 is 0. The molecule has 6 rings (SSSR count). The number of nitrogens with one attached hydrogen (secondary N) is 1. The number of aromatic nitrogens is 3. The normalized spacial score (nSPS) is 19.2. The maximum Gasteiger partial charge on any atom is 0.308 e. The van der Waals surface area contributed by atoms with Crippen LogP contribution in [0.25, 0.3) is 28.0 Å². The van der Waals surface area contributed by atoms with Crippen LogP contribution < -0.4 is 4.74 Å². The summed E-state index contributed by atoms with van der Waals surface area (Å²) < 4.78 is 32.9. The molecule has 4 aromatic rings. The fourth-order valence-corrected chi connectivity index (χ4v) is 5.59. The van der Waals surface area contributed by atoms with E-state index in [9.17, 15) is 13.6 Å². The van der Waals surface area contributed by atoms with Gasteiger partial charge >= 0.3 is 5.97 Å². The van der Waals surface area contributed by atoms with Crippen LogP contribution in [0.3, 0.4) is 0 Å². The molecule has 0 amide bonds. The minimum Gasteiger partial charge on any atom is -0.427 e. The number of esters is 1. The fraction of sp³-hybridized carbons (Fsp3) is 0.233. The molecule has 2 aromatic heterocycles. The standard InChI is InChI=1S/C30H26F2N4O2/c1-18(37)38-25-5-2-19(3-6-25)23-15-24-14-22(10-13-36(24)17-23)30-28(20-8-11-33-12-9-20)29(34-35-30)21-4-7-26(31)27(32)16-21/h2-9,11-12,14,16,23-24H,10,13,15,17H2,1H3,(H,34,35)/t23-,24-/m1/s1. The average molecular weight is 513 g/mol. The van der Waals surface area contributed by atoms with Crippen LogP contribution in [-0.4, -0.2) is 45.2 Å². The summed E-state index contributed by atoms with van der Waals surface area (Å²) in [5, 5.41) is 7.77. The summed E-state index contributed by atoms with van der Waals surface area (Å²) in [6, 6.07) is 15.7. The SMILES string of the molecule is CC(=O)Oc1ccc([C@@H]2C[C@H]3C=C(c4[nH]nc(-c5ccc(F)c(F)c5)c4-c4ccncc4)CCN3C2)cc1. The van der Waals surface area contributed by atoms with Gasteiger partial charge in [0.2, 0.25) is 0 Å². The molecule has 6 nitrogen and oxygen atoms in total. The lowest BCUT2D eigenvalue weighted by atomic mass is 9.91. The van der Waals surface area contributed by atoms with Crippen LogP contribution in [0.2, 0.25) is 0 Å². The van der Waals surface area contributed by atoms with Gasteiger partial charge in [-0.3, -0.25) is 19.8 Å². The molecule has 0 spiro atoms. The van der Waals surface area contributed by atoms with E-state index < -0.39 is 11.6 Å². The summed E-state index contributed by atoms with van der Waals surface area (Å²) in [5.74, 6) is -1.19. The first-order chi connectivity index (χ1) is 18.5. The highest BCUT2D eigenvalue weighted by Gasteiger charge is 2.35. The molecule has 38 heavy (non-hydrogen) atoms. The zero-order valence-corrected chi connectivity index (χ0v) is 20.8. The molecule has 0 radical (unpaired) electrons. The Balaban J connectivity index is 1.31. The van der Waals surface area contributed by atoms with Crippen LogP contribution in [0, 0.1) is 11.6 Å². The highest BCUT2D eigenvalue weighted by molar-refractivity contribution is 5.89. The minimum absolute atomic E-state index is 0.275. The molecular formula is C30H26F2N4O2. The van der Waals surface area contributed by atoms with E-state index in [2.05, 4.69) is 26.2 Å². The summed E-state index contributed by atoms with van der Waals surface area (Å²) in [6.07, 6.45) is 7.56. The lowest BCUT2D eigenvalue weighted by Crippen LogP contribution is -2.32. The summed E-state index contributed by atoms with van der Waals surface area (Å²) in [6.45, 7) is 3.27. The number of hydrogen-bond donors (Lipinski definition) is 1. The van der Waals surface area contributed by atoms with Gasteiger partial charge in [0.1, 0.15) is 11.4 Å². The third-order valence-electron chi connectivity index (χ3n) is 7.37. The molecule has 1 N–H and O–H groups in total. The molecule has 2 aromatic carbocycles.